The summed E-state index contributed by atoms with van der Waals surface area (Å²) in [6.07, 6.45) is 0. The highest BCUT2D eigenvalue weighted by molar-refractivity contribution is 6.11. The highest BCUT2D eigenvalue weighted by Gasteiger charge is 2.23. The molecule has 0 saturated heterocycles. The minimum atomic E-state index is 0.945. The fourth-order valence-electron chi connectivity index (χ4n) is 6.81. The Balaban J connectivity index is 1.49. The van der Waals surface area contributed by atoms with E-state index in [0.717, 1.165) is 56.0 Å². The zero-order valence-electron chi connectivity index (χ0n) is 23.9. The second-order valence-corrected chi connectivity index (χ2v) is 11.2. The summed E-state index contributed by atoms with van der Waals surface area (Å²) in [5.41, 5.74) is 10.8. The van der Waals surface area contributed by atoms with Gasteiger partial charge >= 0.3 is 0 Å². The van der Waals surface area contributed by atoms with Gasteiger partial charge in [-0.25, -0.2) is 4.98 Å². The van der Waals surface area contributed by atoms with Crippen LogP contribution < -0.4 is 0 Å². The van der Waals surface area contributed by atoms with Crippen LogP contribution in [0.1, 0.15) is 0 Å². The first-order valence-corrected chi connectivity index (χ1v) is 15.0. The lowest BCUT2D eigenvalue weighted by atomic mass is 10.0. The standard InChI is InChI=1S/C41H27N3/c1-3-15-28(16-4-1)40-38(43-34-23-11-7-19-30(34)31-20-8-12-24-35(31)43)27-39(41(42-40)29-17-5-2-6-18-29)44-36-25-13-9-21-32(36)33-22-10-14-26-37(33)44/h1-27H. The monoisotopic (exact) mass is 561 g/mol. The molecule has 3 heterocycles. The predicted octanol–water partition coefficient (Wildman–Crippen LogP) is 10.6. The molecule has 0 aliphatic rings. The maximum atomic E-state index is 5.61. The molecular weight excluding hydrogens is 534 g/mol. The summed E-state index contributed by atoms with van der Waals surface area (Å²) >= 11 is 0. The highest BCUT2D eigenvalue weighted by Crippen LogP contribution is 2.41. The second-order valence-electron chi connectivity index (χ2n) is 11.2. The Hall–Kier alpha value is -5.93. The van der Waals surface area contributed by atoms with Crippen LogP contribution in [-0.4, -0.2) is 14.1 Å². The maximum absolute atomic E-state index is 5.61. The molecule has 0 bridgehead atoms. The van der Waals surface area contributed by atoms with Crippen molar-refractivity contribution in [2.75, 3.05) is 0 Å². The van der Waals surface area contributed by atoms with Crippen LogP contribution >= 0.6 is 0 Å². The van der Waals surface area contributed by atoms with Crippen LogP contribution in [-0.2, 0) is 0 Å². The van der Waals surface area contributed by atoms with Crippen molar-refractivity contribution in [3.8, 4) is 33.9 Å². The van der Waals surface area contributed by atoms with Gasteiger partial charge in [-0.2, -0.15) is 0 Å². The first-order chi connectivity index (χ1) is 21.9. The minimum absolute atomic E-state index is 0.945. The molecule has 9 rings (SSSR count). The molecule has 0 aliphatic heterocycles. The molecule has 0 saturated carbocycles. The van der Waals surface area contributed by atoms with Gasteiger partial charge in [-0.3, -0.25) is 0 Å². The van der Waals surface area contributed by atoms with Crippen molar-refractivity contribution in [1.29, 1.82) is 0 Å². The van der Waals surface area contributed by atoms with E-state index < -0.39 is 0 Å². The number of aromatic nitrogens is 3. The van der Waals surface area contributed by atoms with Gasteiger partial charge in [-0.05, 0) is 30.3 Å². The first-order valence-electron chi connectivity index (χ1n) is 15.0. The molecule has 0 aliphatic carbocycles. The van der Waals surface area contributed by atoms with Crippen LogP contribution in [0, 0.1) is 0 Å². The number of rotatable bonds is 4. The van der Waals surface area contributed by atoms with Crippen LogP contribution in [0.15, 0.2) is 164 Å². The number of hydrogen-bond acceptors (Lipinski definition) is 1. The van der Waals surface area contributed by atoms with E-state index in [1.165, 1.54) is 21.5 Å². The Kier molecular flexibility index (Phi) is 5.50. The summed E-state index contributed by atoms with van der Waals surface area (Å²) in [5, 5.41) is 4.92. The third kappa shape index (κ3) is 3.66. The normalized spacial score (nSPS) is 11.6. The largest absolute Gasteiger partial charge is 0.307 e. The molecule has 0 atom stereocenters. The van der Waals surface area contributed by atoms with Gasteiger partial charge in [0, 0.05) is 32.7 Å². The Morgan fingerprint density at radius 3 is 0.955 bits per heavy atom. The Labute approximate surface area is 254 Å². The van der Waals surface area contributed by atoms with E-state index >= 15 is 0 Å². The average molecular weight is 562 g/mol. The van der Waals surface area contributed by atoms with Gasteiger partial charge in [-0.1, -0.05) is 133 Å². The molecule has 6 aromatic carbocycles. The molecule has 0 N–H and O–H groups in total. The summed E-state index contributed by atoms with van der Waals surface area (Å²) in [4.78, 5) is 5.61. The molecule has 0 unspecified atom stereocenters. The fraction of sp³-hybridized carbons (Fsp3) is 0. The summed E-state index contributed by atoms with van der Waals surface area (Å²) in [6, 6.07) is 58.2. The lowest BCUT2D eigenvalue weighted by Gasteiger charge is -2.20. The predicted molar refractivity (Wildman–Crippen MR) is 184 cm³/mol. The quantitative estimate of drug-likeness (QED) is 0.210. The van der Waals surface area contributed by atoms with Crippen molar-refractivity contribution >= 4 is 43.6 Å². The zero-order chi connectivity index (χ0) is 29.0. The van der Waals surface area contributed by atoms with E-state index in [2.05, 4.69) is 173 Å². The molecule has 44 heavy (non-hydrogen) atoms. The van der Waals surface area contributed by atoms with Crippen molar-refractivity contribution in [3.05, 3.63) is 164 Å². The topological polar surface area (TPSA) is 22.8 Å². The first kappa shape index (κ1) is 24.6. The van der Waals surface area contributed by atoms with Gasteiger partial charge in [0.2, 0.25) is 0 Å². The van der Waals surface area contributed by atoms with Crippen LogP contribution in [0.3, 0.4) is 0 Å². The van der Waals surface area contributed by atoms with Gasteiger partial charge in [0.1, 0.15) is 0 Å². The van der Waals surface area contributed by atoms with Gasteiger partial charge in [0.05, 0.1) is 44.8 Å². The SMILES string of the molecule is c1ccc(-c2nc(-c3ccccc3)c(-n3c4ccccc4c4ccccc43)cc2-n2c3ccccc3c3ccccc32)cc1. The third-order valence-electron chi connectivity index (χ3n) is 8.72. The molecule has 0 amide bonds. The number of benzene rings is 6. The van der Waals surface area contributed by atoms with E-state index in [0.29, 0.717) is 0 Å². The molecule has 3 aromatic heterocycles. The molecular formula is C41H27N3. The summed E-state index contributed by atoms with van der Waals surface area (Å²) in [7, 11) is 0. The molecule has 9 aromatic rings. The number of fused-ring (bicyclic) bond motifs is 6. The number of pyridine rings is 1. The van der Waals surface area contributed by atoms with Crippen LogP contribution in [0.4, 0.5) is 0 Å². The third-order valence-corrected chi connectivity index (χ3v) is 8.72. The Bertz CT molecular complexity index is 2210. The lowest BCUT2D eigenvalue weighted by Crippen LogP contribution is -2.06. The maximum Gasteiger partial charge on any atom is 0.0951 e. The molecule has 206 valence electrons. The van der Waals surface area contributed by atoms with E-state index in [9.17, 15) is 0 Å². The molecule has 0 radical (unpaired) electrons. The van der Waals surface area contributed by atoms with Gasteiger partial charge in [0.15, 0.2) is 0 Å². The Morgan fingerprint density at radius 2 is 0.614 bits per heavy atom. The zero-order valence-corrected chi connectivity index (χ0v) is 23.9. The fourth-order valence-corrected chi connectivity index (χ4v) is 6.81. The minimum Gasteiger partial charge on any atom is -0.307 e. The highest BCUT2D eigenvalue weighted by atomic mass is 15.0. The van der Waals surface area contributed by atoms with Gasteiger partial charge < -0.3 is 9.13 Å². The molecule has 0 spiro atoms. The van der Waals surface area contributed by atoms with Crippen molar-refractivity contribution in [2.45, 2.75) is 0 Å². The van der Waals surface area contributed by atoms with Crippen molar-refractivity contribution in [3.63, 3.8) is 0 Å². The number of nitrogens with zero attached hydrogens (tertiary/aromatic N) is 3. The molecule has 3 heteroatoms. The van der Waals surface area contributed by atoms with E-state index in [1.54, 1.807) is 0 Å². The molecule has 3 nitrogen and oxygen atoms in total. The summed E-state index contributed by atoms with van der Waals surface area (Å²) in [5.74, 6) is 0. The van der Waals surface area contributed by atoms with Crippen LogP contribution in [0.25, 0.3) is 77.5 Å². The van der Waals surface area contributed by atoms with Gasteiger partial charge in [-0.15, -0.1) is 0 Å². The Morgan fingerprint density at radius 1 is 0.318 bits per heavy atom. The van der Waals surface area contributed by atoms with Crippen molar-refractivity contribution in [1.82, 2.24) is 14.1 Å². The van der Waals surface area contributed by atoms with E-state index in [-0.39, 0.29) is 0 Å². The lowest BCUT2D eigenvalue weighted by molar-refractivity contribution is 1.10. The van der Waals surface area contributed by atoms with Crippen LogP contribution in [0.5, 0.6) is 0 Å². The number of para-hydroxylation sites is 4. The average Bonchev–Trinajstić information content (AvgIpc) is 3.62. The molecule has 0 fully saturated rings. The van der Waals surface area contributed by atoms with Crippen molar-refractivity contribution < 1.29 is 0 Å². The van der Waals surface area contributed by atoms with Crippen LogP contribution in [0.2, 0.25) is 0 Å². The summed E-state index contributed by atoms with van der Waals surface area (Å²) in [6.45, 7) is 0. The smallest absolute Gasteiger partial charge is 0.0951 e. The van der Waals surface area contributed by atoms with E-state index in [4.69, 9.17) is 4.98 Å². The second kappa shape index (κ2) is 9.82. The summed E-state index contributed by atoms with van der Waals surface area (Å²) < 4.78 is 4.79. The number of hydrogen-bond donors (Lipinski definition) is 0. The van der Waals surface area contributed by atoms with Crippen molar-refractivity contribution in [2.24, 2.45) is 0 Å². The van der Waals surface area contributed by atoms with Gasteiger partial charge in [0.25, 0.3) is 0 Å². The van der Waals surface area contributed by atoms with E-state index in [1.807, 2.05) is 0 Å².